The molecule has 0 bridgehead atoms. The first kappa shape index (κ1) is 32.9. The standard InChI is InChI=1S/C32H40ClN3O5S/c1-7-28(32(38)34-19-22(2)3)35(20-25-11-9-8-10-24(25)5)31(37)21-36(29-18-26(33)14-17-30(29)41-6)42(39,40)27-15-12-23(4)13-16-27/h8-18,22,28H,7,19-21H2,1-6H3,(H,34,38)/t28-/m0/s1. The van der Waals surface area contributed by atoms with Gasteiger partial charge in [-0.25, -0.2) is 8.42 Å². The molecule has 0 fully saturated rings. The number of sulfonamides is 1. The quantitative estimate of drug-likeness (QED) is 0.265. The van der Waals surface area contributed by atoms with Gasteiger partial charge in [0.05, 0.1) is 17.7 Å². The third-order valence-corrected chi connectivity index (χ3v) is 8.98. The molecule has 8 nitrogen and oxygen atoms in total. The SMILES string of the molecule is CC[C@@H](C(=O)NCC(C)C)N(Cc1ccccc1C)C(=O)CN(c1cc(Cl)ccc1OC)S(=O)(=O)c1ccc(C)cc1. The number of methoxy groups -OCH3 is 1. The summed E-state index contributed by atoms with van der Waals surface area (Å²) >= 11 is 6.31. The van der Waals surface area contributed by atoms with Crippen LogP contribution in [0.1, 0.15) is 43.9 Å². The van der Waals surface area contributed by atoms with E-state index in [2.05, 4.69) is 5.32 Å². The van der Waals surface area contributed by atoms with E-state index in [0.717, 1.165) is 21.0 Å². The summed E-state index contributed by atoms with van der Waals surface area (Å²) in [6, 6.07) is 17.8. The first-order chi connectivity index (χ1) is 19.9. The van der Waals surface area contributed by atoms with Crippen LogP contribution in [0.25, 0.3) is 0 Å². The molecule has 0 aliphatic heterocycles. The molecule has 0 saturated heterocycles. The minimum atomic E-state index is -4.26. The number of halogens is 1. The molecule has 0 radical (unpaired) electrons. The van der Waals surface area contributed by atoms with E-state index in [1.807, 2.05) is 58.9 Å². The highest BCUT2D eigenvalue weighted by atomic mass is 35.5. The number of hydrogen-bond acceptors (Lipinski definition) is 5. The highest BCUT2D eigenvalue weighted by molar-refractivity contribution is 7.92. The number of ether oxygens (including phenoxy) is 1. The van der Waals surface area contributed by atoms with Crippen molar-refractivity contribution in [3.8, 4) is 5.75 Å². The van der Waals surface area contributed by atoms with Gasteiger partial charge in [0, 0.05) is 18.1 Å². The monoisotopic (exact) mass is 613 g/mol. The van der Waals surface area contributed by atoms with Crippen molar-refractivity contribution in [2.75, 3.05) is 24.5 Å². The van der Waals surface area contributed by atoms with Crippen LogP contribution in [0.15, 0.2) is 71.6 Å². The highest BCUT2D eigenvalue weighted by Crippen LogP contribution is 2.35. The summed E-state index contributed by atoms with van der Waals surface area (Å²) in [6.07, 6.45) is 0.340. The third kappa shape index (κ3) is 8.04. The zero-order chi connectivity index (χ0) is 31.0. The van der Waals surface area contributed by atoms with Crippen molar-refractivity contribution in [3.05, 3.63) is 88.4 Å². The number of carbonyl (C=O) groups excluding carboxylic acids is 2. The fraction of sp³-hybridized carbons (Fsp3) is 0.375. The van der Waals surface area contributed by atoms with Crippen LogP contribution in [0.4, 0.5) is 5.69 Å². The summed E-state index contributed by atoms with van der Waals surface area (Å²) in [5.74, 6) is -0.378. The maximum absolute atomic E-state index is 14.3. The van der Waals surface area contributed by atoms with Crippen molar-refractivity contribution < 1.29 is 22.7 Å². The highest BCUT2D eigenvalue weighted by Gasteiger charge is 2.35. The summed E-state index contributed by atoms with van der Waals surface area (Å²) in [5, 5.41) is 3.22. The molecule has 0 unspecified atom stereocenters. The molecule has 2 amide bonds. The molecule has 0 aromatic heterocycles. The maximum Gasteiger partial charge on any atom is 0.264 e. The van der Waals surface area contributed by atoms with E-state index in [4.69, 9.17) is 16.3 Å². The third-order valence-electron chi connectivity index (χ3n) is 6.97. The second-order valence-electron chi connectivity index (χ2n) is 10.7. The van der Waals surface area contributed by atoms with Gasteiger partial charge in [0.2, 0.25) is 11.8 Å². The lowest BCUT2D eigenvalue weighted by atomic mass is 10.1. The molecule has 3 aromatic carbocycles. The van der Waals surface area contributed by atoms with Crippen molar-refractivity contribution in [1.82, 2.24) is 10.2 Å². The van der Waals surface area contributed by atoms with Gasteiger partial charge >= 0.3 is 0 Å². The van der Waals surface area contributed by atoms with Gasteiger partial charge in [0.1, 0.15) is 18.3 Å². The Balaban J connectivity index is 2.13. The minimum absolute atomic E-state index is 0.00935. The number of benzene rings is 3. The zero-order valence-corrected chi connectivity index (χ0v) is 26.6. The number of aryl methyl sites for hydroxylation is 2. The Morgan fingerprint density at radius 3 is 2.26 bits per heavy atom. The second-order valence-corrected chi connectivity index (χ2v) is 13.0. The number of amides is 2. The molecule has 3 rings (SSSR count). The van der Waals surface area contributed by atoms with Crippen LogP contribution < -0.4 is 14.4 Å². The Bertz CT molecular complexity index is 1490. The maximum atomic E-state index is 14.3. The van der Waals surface area contributed by atoms with Crippen molar-refractivity contribution in [2.45, 2.75) is 58.5 Å². The van der Waals surface area contributed by atoms with Gasteiger partial charge in [-0.2, -0.15) is 0 Å². The zero-order valence-electron chi connectivity index (χ0n) is 25.1. The first-order valence-corrected chi connectivity index (χ1v) is 15.7. The van der Waals surface area contributed by atoms with Crippen LogP contribution in [0.3, 0.4) is 0 Å². The van der Waals surface area contributed by atoms with Gasteiger partial charge in [-0.15, -0.1) is 0 Å². The number of hydrogen-bond donors (Lipinski definition) is 1. The lowest BCUT2D eigenvalue weighted by molar-refractivity contribution is -0.140. The lowest BCUT2D eigenvalue weighted by Crippen LogP contribution is -2.52. The van der Waals surface area contributed by atoms with Crippen LogP contribution >= 0.6 is 11.6 Å². The predicted octanol–water partition coefficient (Wildman–Crippen LogP) is 5.74. The average Bonchev–Trinajstić information content (AvgIpc) is 2.95. The van der Waals surface area contributed by atoms with Crippen molar-refractivity contribution in [3.63, 3.8) is 0 Å². The first-order valence-electron chi connectivity index (χ1n) is 13.9. The van der Waals surface area contributed by atoms with Crippen molar-refractivity contribution in [2.24, 2.45) is 5.92 Å². The number of rotatable bonds is 13. The van der Waals surface area contributed by atoms with Crippen LogP contribution in [-0.4, -0.2) is 51.4 Å². The lowest BCUT2D eigenvalue weighted by Gasteiger charge is -2.34. The molecule has 0 spiro atoms. The largest absolute Gasteiger partial charge is 0.495 e. The van der Waals surface area contributed by atoms with Crippen LogP contribution in [-0.2, 0) is 26.2 Å². The van der Waals surface area contributed by atoms with Crippen molar-refractivity contribution >= 4 is 39.1 Å². The topological polar surface area (TPSA) is 96.0 Å². The molecule has 3 aromatic rings. The van der Waals surface area contributed by atoms with E-state index in [-0.39, 0.29) is 39.7 Å². The van der Waals surface area contributed by atoms with E-state index < -0.39 is 28.5 Å². The molecule has 10 heteroatoms. The smallest absolute Gasteiger partial charge is 0.264 e. The molecule has 42 heavy (non-hydrogen) atoms. The van der Waals surface area contributed by atoms with E-state index >= 15 is 0 Å². The Labute approximate surface area is 254 Å². The second kappa shape index (κ2) is 14.6. The number of carbonyl (C=O) groups is 2. The number of anilines is 1. The predicted molar refractivity (Wildman–Crippen MR) is 167 cm³/mol. The molecule has 1 atom stereocenters. The van der Waals surface area contributed by atoms with E-state index in [9.17, 15) is 18.0 Å². The van der Waals surface area contributed by atoms with Crippen molar-refractivity contribution in [1.29, 1.82) is 0 Å². The van der Waals surface area contributed by atoms with Gasteiger partial charge in [-0.05, 0) is 67.6 Å². The summed E-state index contributed by atoms with van der Waals surface area (Å²) in [5.41, 5.74) is 2.81. The molecule has 0 saturated carbocycles. The molecule has 226 valence electrons. The fourth-order valence-corrected chi connectivity index (χ4v) is 6.10. The van der Waals surface area contributed by atoms with E-state index in [0.29, 0.717) is 13.0 Å². The van der Waals surface area contributed by atoms with Gasteiger partial charge in [-0.3, -0.25) is 13.9 Å². The molecule has 0 heterocycles. The Morgan fingerprint density at radius 1 is 1.00 bits per heavy atom. The molecule has 0 aliphatic rings. The van der Waals surface area contributed by atoms with Crippen LogP contribution in [0.5, 0.6) is 5.75 Å². The van der Waals surface area contributed by atoms with Gasteiger partial charge in [0.15, 0.2) is 0 Å². The number of nitrogens with zero attached hydrogens (tertiary/aromatic N) is 2. The summed E-state index contributed by atoms with van der Waals surface area (Å²) in [6.45, 7) is 9.61. The van der Waals surface area contributed by atoms with E-state index in [1.54, 1.807) is 24.3 Å². The fourth-order valence-electron chi connectivity index (χ4n) is 4.52. The summed E-state index contributed by atoms with van der Waals surface area (Å²) in [7, 11) is -2.84. The summed E-state index contributed by atoms with van der Waals surface area (Å²) < 4.78 is 34.7. The van der Waals surface area contributed by atoms with Gasteiger partial charge in [-0.1, -0.05) is 74.3 Å². The Hall–Kier alpha value is -3.56. The van der Waals surface area contributed by atoms with Crippen LogP contribution in [0.2, 0.25) is 5.02 Å². The average molecular weight is 614 g/mol. The van der Waals surface area contributed by atoms with Gasteiger partial charge < -0.3 is 15.0 Å². The molecular weight excluding hydrogens is 574 g/mol. The number of nitrogens with one attached hydrogen (secondary N) is 1. The normalized spacial score (nSPS) is 12.1. The minimum Gasteiger partial charge on any atom is -0.495 e. The molecular formula is C32H40ClN3O5S. The summed E-state index contributed by atoms with van der Waals surface area (Å²) in [4.78, 5) is 29.1. The Morgan fingerprint density at radius 2 is 1.67 bits per heavy atom. The van der Waals surface area contributed by atoms with Gasteiger partial charge in [0.25, 0.3) is 10.0 Å². The molecule has 1 N–H and O–H groups in total. The molecule has 0 aliphatic carbocycles. The Kier molecular flexibility index (Phi) is 11.4. The van der Waals surface area contributed by atoms with E-state index in [1.165, 1.54) is 30.2 Å². The van der Waals surface area contributed by atoms with Crippen LogP contribution in [0, 0.1) is 19.8 Å².